The van der Waals surface area contributed by atoms with Crippen LogP contribution in [0, 0.1) is 5.92 Å². The zero-order valence-corrected chi connectivity index (χ0v) is 19.5. The molecular formula is C25H36O3Si. The lowest BCUT2D eigenvalue weighted by Gasteiger charge is -2.43. The first-order valence-corrected chi connectivity index (χ1v) is 12.3. The first kappa shape index (κ1) is 23.6. The highest BCUT2D eigenvalue weighted by Crippen LogP contribution is 2.37. The Kier molecular flexibility index (Phi) is 8.41. The molecule has 3 nitrogen and oxygen atoms in total. The van der Waals surface area contributed by atoms with Gasteiger partial charge in [0.1, 0.15) is 6.10 Å². The van der Waals surface area contributed by atoms with Crippen LogP contribution in [0.2, 0.25) is 5.04 Å². The van der Waals surface area contributed by atoms with E-state index in [2.05, 4.69) is 94.9 Å². The third-order valence-electron chi connectivity index (χ3n) is 5.53. The molecule has 4 heteroatoms. The van der Waals surface area contributed by atoms with Crippen molar-refractivity contribution < 1.29 is 14.3 Å². The fourth-order valence-electron chi connectivity index (χ4n) is 4.05. The summed E-state index contributed by atoms with van der Waals surface area (Å²) in [5, 5.41) is 13.0. The average molecular weight is 413 g/mol. The van der Waals surface area contributed by atoms with Gasteiger partial charge in [-0.25, -0.2) is 0 Å². The van der Waals surface area contributed by atoms with Gasteiger partial charge in [-0.3, -0.25) is 0 Å². The van der Waals surface area contributed by atoms with Crippen LogP contribution in [-0.2, 0) is 9.16 Å². The number of benzene rings is 2. The number of rotatable bonds is 10. The van der Waals surface area contributed by atoms with E-state index in [-0.39, 0.29) is 17.1 Å². The maximum atomic E-state index is 10.5. The number of hydrogen-bond acceptors (Lipinski definition) is 3. The molecule has 0 saturated carbocycles. The van der Waals surface area contributed by atoms with E-state index in [4.69, 9.17) is 9.16 Å². The molecule has 0 aliphatic carbocycles. The van der Waals surface area contributed by atoms with Crippen LogP contribution in [-0.4, -0.2) is 39.3 Å². The molecule has 2 rings (SSSR count). The van der Waals surface area contributed by atoms with Gasteiger partial charge in [-0.15, -0.1) is 6.58 Å². The molecule has 158 valence electrons. The van der Waals surface area contributed by atoms with Gasteiger partial charge in [-0.2, -0.15) is 0 Å². The predicted molar refractivity (Wildman–Crippen MR) is 124 cm³/mol. The second-order valence-electron chi connectivity index (χ2n) is 8.82. The second-order valence-corrected chi connectivity index (χ2v) is 13.1. The Labute approximate surface area is 177 Å². The maximum absolute atomic E-state index is 10.5. The lowest BCUT2D eigenvalue weighted by molar-refractivity contribution is 0.00173. The minimum atomic E-state index is -2.54. The van der Waals surface area contributed by atoms with E-state index in [0.29, 0.717) is 13.0 Å². The predicted octanol–water partition coefficient (Wildman–Crippen LogP) is 4.15. The van der Waals surface area contributed by atoms with E-state index in [0.717, 1.165) is 0 Å². The summed E-state index contributed by atoms with van der Waals surface area (Å²) in [5.41, 5.74) is 0. The monoisotopic (exact) mass is 412 g/mol. The molecule has 0 aliphatic heterocycles. The zero-order valence-electron chi connectivity index (χ0n) is 18.5. The highest BCUT2D eigenvalue weighted by molar-refractivity contribution is 6.99. The summed E-state index contributed by atoms with van der Waals surface area (Å²) in [6.07, 6.45) is 1.31. The van der Waals surface area contributed by atoms with Crippen LogP contribution in [0.4, 0.5) is 0 Å². The van der Waals surface area contributed by atoms with Gasteiger partial charge in [0.15, 0.2) is 0 Å². The molecule has 0 spiro atoms. The summed E-state index contributed by atoms with van der Waals surface area (Å²) < 4.78 is 12.2. The Morgan fingerprint density at radius 3 is 1.86 bits per heavy atom. The van der Waals surface area contributed by atoms with Crippen molar-refractivity contribution in [3.05, 3.63) is 73.3 Å². The molecule has 0 heterocycles. The van der Waals surface area contributed by atoms with Gasteiger partial charge in [0.2, 0.25) is 0 Å². The van der Waals surface area contributed by atoms with E-state index in [1.54, 1.807) is 13.2 Å². The molecule has 0 saturated heterocycles. The van der Waals surface area contributed by atoms with Crippen molar-refractivity contribution in [2.45, 2.75) is 51.4 Å². The van der Waals surface area contributed by atoms with Crippen LogP contribution in [0.1, 0.15) is 34.1 Å². The third kappa shape index (κ3) is 5.46. The van der Waals surface area contributed by atoms with E-state index in [1.807, 2.05) is 0 Å². The number of aliphatic hydroxyl groups excluding tert-OH is 1. The van der Waals surface area contributed by atoms with Gasteiger partial charge in [0.05, 0.1) is 6.10 Å². The maximum Gasteiger partial charge on any atom is 0.261 e. The molecule has 0 amide bonds. The molecular weight excluding hydrogens is 376 g/mol. The molecule has 0 bridgehead atoms. The molecule has 2 aromatic carbocycles. The fraction of sp³-hybridized carbons (Fsp3) is 0.440. The van der Waals surface area contributed by atoms with Gasteiger partial charge in [-0.1, -0.05) is 94.4 Å². The summed E-state index contributed by atoms with van der Waals surface area (Å²) >= 11 is 0. The van der Waals surface area contributed by atoms with Crippen molar-refractivity contribution in [1.29, 1.82) is 0 Å². The van der Waals surface area contributed by atoms with Gasteiger partial charge in [-0.05, 0) is 27.8 Å². The van der Waals surface area contributed by atoms with Crippen LogP contribution in [0.3, 0.4) is 0 Å². The van der Waals surface area contributed by atoms with Crippen LogP contribution in [0.25, 0.3) is 0 Å². The first-order valence-electron chi connectivity index (χ1n) is 10.3. The van der Waals surface area contributed by atoms with E-state index < -0.39 is 14.4 Å². The Bertz CT molecular complexity index is 700. The van der Waals surface area contributed by atoms with Gasteiger partial charge in [0.25, 0.3) is 8.32 Å². The molecule has 0 unspecified atom stereocenters. The lowest BCUT2D eigenvalue weighted by Crippen LogP contribution is -2.66. The Hall–Kier alpha value is -1.72. The summed E-state index contributed by atoms with van der Waals surface area (Å²) in [6.45, 7) is 13.3. The smallest absolute Gasteiger partial charge is 0.261 e. The standard InChI is InChI=1S/C25H36O3Si/c1-7-24(27-6)23(26)18-20(2)19-28-29(25(3,4)5,21-14-10-8-11-15-21)22-16-12-9-13-17-22/h7-17,20,23-24,26H,1,18-19H2,2-6H3/t20-,23+,24-/m0/s1. The van der Waals surface area contributed by atoms with Crippen LogP contribution in [0.15, 0.2) is 73.3 Å². The zero-order chi connectivity index (χ0) is 21.5. The molecule has 2 aromatic rings. The number of ether oxygens (including phenoxy) is 1. The van der Waals surface area contributed by atoms with Crippen molar-refractivity contribution in [1.82, 2.24) is 0 Å². The van der Waals surface area contributed by atoms with Crippen LogP contribution < -0.4 is 10.4 Å². The Morgan fingerprint density at radius 2 is 1.48 bits per heavy atom. The summed E-state index contributed by atoms with van der Waals surface area (Å²) in [7, 11) is -0.944. The largest absolute Gasteiger partial charge is 0.407 e. The highest BCUT2D eigenvalue weighted by Gasteiger charge is 2.50. The van der Waals surface area contributed by atoms with Crippen LogP contribution in [0.5, 0.6) is 0 Å². The molecule has 0 radical (unpaired) electrons. The van der Waals surface area contributed by atoms with Gasteiger partial charge < -0.3 is 14.3 Å². The van der Waals surface area contributed by atoms with Gasteiger partial charge >= 0.3 is 0 Å². The number of aliphatic hydroxyl groups is 1. The summed E-state index contributed by atoms with van der Waals surface area (Å²) in [5.74, 6) is 0.184. The van der Waals surface area contributed by atoms with Crippen molar-refractivity contribution in [3.63, 3.8) is 0 Å². The summed E-state index contributed by atoms with van der Waals surface area (Å²) in [4.78, 5) is 0. The van der Waals surface area contributed by atoms with Gasteiger partial charge in [0, 0.05) is 13.7 Å². The molecule has 0 aromatic heterocycles. The van der Waals surface area contributed by atoms with E-state index >= 15 is 0 Å². The second kappa shape index (κ2) is 10.3. The molecule has 0 fully saturated rings. The van der Waals surface area contributed by atoms with E-state index in [9.17, 15) is 5.11 Å². The molecule has 29 heavy (non-hydrogen) atoms. The number of methoxy groups -OCH3 is 1. The summed E-state index contributed by atoms with van der Waals surface area (Å²) in [6, 6.07) is 21.3. The molecule has 0 aliphatic rings. The van der Waals surface area contributed by atoms with Crippen molar-refractivity contribution >= 4 is 18.7 Å². The topological polar surface area (TPSA) is 38.7 Å². The van der Waals surface area contributed by atoms with Crippen molar-refractivity contribution in [3.8, 4) is 0 Å². The lowest BCUT2D eigenvalue weighted by atomic mass is 10.0. The quantitative estimate of drug-likeness (QED) is 0.471. The normalized spacial score (nSPS) is 15.5. The van der Waals surface area contributed by atoms with Crippen molar-refractivity contribution in [2.75, 3.05) is 13.7 Å². The number of hydrogen-bond donors (Lipinski definition) is 1. The third-order valence-corrected chi connectivity index (χ3v) is 10.5. The molecule has 1 N–H and O–H groups in total. The van der Waals surface area contributed by atoms with Crippen molar-refractivity contribution in [2.24, 2.45) is 5.92 Å². The molecule has 3 atom stereocenters. The minimum absolute atomic E-state index is 0.0514. The fourth-order valence-corrected chi connectivity index (χ4v) is 8.74. The SMILES string of the molecule is C=C[C@H](OC)[C@H](O)C[C@H](C)CO[Si](c1ccccc1)(c1ccccc1)C(C)(C)C. The average Bonchev–Trinajstić information content (AvgIpc) is 2.70. The van der Waals surface area contributed by atoms with Crippen LogP contribution >= 0.6 is 0 Å². The Morgan fingerprint density at radius 1 is 1.00 bits per heavy atom. The first-order chi connectivity index (χ1) is 13.8. The minimum Gasteiger partial charge on any atom is -0.407 e. The Balaban J connectivity index is 2.35. The highest BCUT2D eigenvalue weighted by atomic mass is 28.4. The van der Waals surface area contributed by atoms with E-state index in [1.165, 1.54) is 10.4 Å².